The molecular weight excluding hydrogens is 266 g/mol. The molecule has 5 heteroatoms. The molecule has 0 radical (unpaired) electrons. The van der Waals surface area contributed by atoms with Crippen molar-refractivity contribution >= 4 is 23.2 Å². The average Bonchev–Trinajstić information content (AvgIpc) is 2.96. The molecule has 0 aliphatic carbocycles. The van der Waals surface area contributed by atoms with Gasteiger partial charge in [-0.2, -0.15) is 0 Å². The first-order valence-electron chi connectivity index (χ1n) is 7.24. The molecule has 0 unspecified atom stereocenters. The van der Waals surface area contributed by atoms with E-state index in [4.69, 9.17) is 10.2 Å². The molecule has 1 aliphatic rings. The van der Waals surface area contributed by atoms with Crippen LogP contribution < -0.4 is 16.0 Å². The van der Waals surface area contributed by atoms with Crippen molar-refractivity contribution in [3.05, 3.63) is 42.2 Å². The normalized spacial score (nSPS) is 15.0. The molecule has 0 bridgehead atoms. The summed E-state index contributed by atoms with van der Waals surface area (Å²) in [4.78, 5) is 14.3. The minimum absolute atomic E-state index is 0.215. The second-order valence-electron chi connectivity index (χ2n) is 5.25. The second kappa shape index (κ2) is 5.91. The molecule has 3 N–H and O–H groups in total. The van der Waals surface area contributed by atoms with E-state index in [1.165, 1.54) is 24.9 Å². The van der Waals surface area contributed by atoms with Gasteiger partial charge in [0.25, 0.3) is 5.91 Å². The van der Waals surface area contributed by atoms with E-state index in [1.54, 1.807) is 12.1 Å². The number of amides is 1. The summed E-state index contributed by atoms with van der Waals surface area (Å²) in [6.45, 7) is 2.22. The number of hydrogen-bond acceptors (Lipinski definition) is 4. The van der Waals surface area contributed by atoms with Crippen LogP contribution >= 0.6 is 0 Å². The molecule has 1 aliphatic heterocycles. The van der Waals surface area contributed by atoms with Crippen molar-refractivity contribution in [1.82, 2.24) is 0 Å². The first-order valence-corrected chi connectivity index (χ1v) is 7.24. The minimum atomic E-state index is -0.294. The van der Waals surface area contributed by atoms with Crippen molar-refractivity contribution in [3.8, 4) is 0 Å². The second-order valence-corrected chi connectivity index (χ2v) is 5.25. The lowest BCUT2D eigenvalue weighted by molar-refractivity contribution is 0.0997. The Kier molecular flexibility index (Phi) is 3.81. The molecule has 1 fully saturated rings. The van der Waals surface area contributed by atoms with E-state index in [0.717, 1.165) is 18.8 Å². The van der Waals surface area contributed by atoms with Gasteiger partial charge in [-0.25, -0.2) is 0 Å². The summed E-state index contributed by atoms with van der Waals surface area (Å²) < 4.78 is 5.09. The summed E-state index contributed by atoms with van der Waals surface area (Å²) in [5, 5.41) is 2.79. The van der Waals surface area contributed by atoms with E-state index >= 15 is 0 Å². The Hall–Kier alpha value is -2.43. The van der Waals surface area contributed by atoms with Gasteiger partial charge < -0.3 is 20.4 Å². The van der Waals surface area contributed by atoms with Crippen molar-refractivity contribution in [2.45, 2.75) is 19.3 Å². The third-order valence-corrected chi connectivity index (χ3v) is 3.70. The van der Waals surface area contributed by atoms with Crippen LogP contribution in [0, 0.1) is 0 Å². The van der Waals surface area contributed by atoms with E-state index in [0.29, 0.717) is 0 Å². The quantitative estimate of drug-likeness (QED) is 0.909. The van der Waals surface area contributed by atoms with Crippen molar-refractivity contribution < 1.29 is 9.21 Å². The highest BCUT2D eigenvalue weighted by atomic mass is 16.4. The number of benzene rings is 1. The van der Waals surface area contributed by atoms with Crippen LogP contribution in [-0.4, -0.2) is 19.0 Å². The standard InChI is InChI=1S/C16H19N3O2/c17-15-9-8-14(21-15)16(20)18-12-4-6-13(7-5-12)19-10-2-1-3-11-19/h4-9H,1-3,10-11,17H2,(H,18,20). The van der Waals surface area contributed by atoms with Crippen molar-refractivity contribution in [2.24, 2.45) is 0 Å². The fourth-order valence-electron chi connectivity index (χ4n) is 2.58. The van der Waals surface area contributed by atoms with Gasteiger partial charge in [0.05, 0.1) is 0 Å². The molecule has 0 atom stereocenters. The van der Waals surface area contributed by atoms with E-state index in [1.807, 2.05) is 24.3 Å². The number of hydrogen-bond donors (Lipinski definition) is 2. The average molecular weight is 285 g/mol. The Morgan fingerprint density at radius 3 is 2.38 bits per heavy atom. The number of rotatable bonds is 3. The Morgan fingerprint density at radius 2 is 1.76 bits per heavy atom. The molecule has 110 valence electrons. The SMILES string of the molecule is Nc1ccc(C(=O)Nc2ccc(N3CCCCC3)cc2)o1. The van der Waals surface area contributed by atoms with Crippen LogP contribution in [0.2, 0.25) is 0 Å². The Labute approximate surface area is 123 Å². The lowest BCUT2D eigenvalue weighted by Crippen LogP contribution is -2.29. The fraction of sp³-hybridized carbons (Fsp3) is 0.312. The van der Waals surface area contributed by atoms with Crippen LogP contribution in [0.5, 0.6) is 0 Å². The molecule has 2 heterocycles. The van der Waals surface area contributed by atoms with Crippen molar-refractivity contribution in [3.63, 3.8) is 0 Å². The van der Waals surface area contributed by atoms with E-state index < -0.39 is 0 Å². The summed E-state index contributed by atoms with van der Waals surface area (Å²) in [5.41, 5.74) is 7.41. The molecule has 5 nitrogen and oxygen atoms in total. The Balaban J connectivity index is 1.65. The predicted octanol–water partition coefficient (Wildman–Crippen LogP) is 3.10. The molecular formula is C16H19N3O2. The first kappa shape index (κ1) is 13.5. The van der Waals surface area contributed by atoms with Crippen molar-refractivity contribution in [2.75, 3.05) is 29.0 Å². The maximum Gasteiger partial charge on any atom is 0.291 e. The van der Waals surface area contributed by atoms with Crippen molar-refractivity contribution in [1.29, 1.82) is 0 Å². The largest absolute Gasteiger partial charge is 0.436 e. The number of nitrogens with zero attached hydrogens (tertiary/aromatic N) is 1. The van der Waals surface area contributed by atoms with Crippen LogP contribution in [0.4, 0.5) is 17.3 Å². The minimum Gasteiger partial charge on any atom is -0.436 e. The summed E-state index contributed by atoms with van der Waals surface area (Å²) in [5.74, 6) is 0.158. The van der Waals surface area contributed by atoms with Gasteiger partial charge in [0, 0.05) is 30.5 Å². The lowest BCUT2D eigenvalue weighted by Gasteiger charge is -2.28. The fourth-order valence-corrected chi connectivity index (χ4v) is 2.58. The molecule has 3 rings (SSSR count). The smallest absolute Gasteiger partial charge is 0.291 e. The highest BCUT2D eigenvalue weighted by Crippen LogP contribution is 2.22. The number of piperidine rings is 1. The van der Waals surface area contributed by atoms with E-state index in [2.05, 4.69) is 10.2 Å². The number of anilines is 3. The van der Waals surface area contributed by atoms with Gasteiger partial charge in [-0.05, 0) is 49.6 Å². The molecule has 0 spiro atoms. The maximum atomic E-state index is 11.9. The van der Waals surface area contributed by atoms with Gasteiger partial charge in [-0.15, -0.1) is 0 Å². The van der Waals surface area contributed by atoms with Crippen LogP contribution in [0.15, 0.2) is 40.8 Å². The van der Waals surface area contributed by atoms with Gasteiger partial charge in [0.1, 0.15) is 0 Å². The Morgan fingerprint density at radius 1 is 1.05 bits per heavy atom. The molecule has 1 aromatic carbocycles. The van der Waals surface area contributed by atoms with Gasteiger partial charge in [0.15, 0.2) is 11.6 Å². The lowest BCUT2D eigenvalue weighted by atomic mass is 10.1. The zero-order valence-corrected chi connectivity index (χ0v) is 11.8. The zero-order valence-electron chi connectivity index (χ0n) is 11.8. The summed E-state index contributed by atoms with van der Waals surface area (Å²) in [7, 11) is 0. The molecule has 1 aromatic heterocycles. The van der Waals surface area contributed by atoms with Gasteiger partial charge >= 0.3 is 0 Å². The van der Waals surface area contributed by atoms with Crippen LogP contribution in [0.25, 0.3) is 0 Å². The van der Waals surface area contributed by atoms with Gasteiger partial charge in [0.2, 0.25) is 0 Å². The van der Waals surface area contributed by atoms with Gasteiger partial charge in [-0.1, -0.05) is 0 Å². The third kappa shape index (κ3) is 3.18. The third-order valence-electron chi connectivity index (χ3n) is 3.70. The maximum absolute atomic E-state index is 11.9. The number of nitrogens with one attached hydrogen (secondary N) is 1. The number of furan rings is 1. The number of carbonyl (C=O) groups is 1. The highest BCUT2D eigenvalue weighted by molar-refractivity contribution is 6.02. The molecule has 1 saturated heterocycles. The molecule has 0 saturated carbocycles. The first-order chi connectivity index (χ1) is 10.2. The summed E-state index contributed by atoms with van der Waals surface area (Å²) in [6, 6.07) is 11.0. The monoisotopic (exact) mass is 285 g/mol. The highest BCUT2D eigenvalue weighted by Gasteiger charge is 2.12. The molecule has 2 aromatic rings. The number of nitrogen functional groups attached to an aromatic ring is 1. The molecule has 21 heavy (non-hydrogen) atoms. The Bertz CT molecular complexity index is 613. The van der Waals surface area contributed by atoms with E-state index in [9.17, 15) is 4.79 Å². The van der Waals surface area contributed by atoms with E-state index in [-0.39, 0.29) is 17.6 Å². The molecule has 1 amide bonds. The predicted molar refractivity (Wildman–Crippen MR) is 83.6 cm³/mol. The summed E-state index contributed by atoms with van der Waals surface area (Å²) in [6.07, 6.45) is 3.81. The number of carbonyl (C=O) groups excluding carboxylic acids is 1. The van der Waals surface area contributed by atoms with Crippen LogP contribution in [0.1, 0.15) is 29.8 Å². The summed E-state index contributed by atoms with van der Waals surface area (Å²) >= 11 is 0. The van der Waals surface area contributed by atoms with Gasteiger partial charge in [-0.3, -0.25) is 4.79 Å². The van der Waals surface area contributed by atoms with Crippen LogP contribution in [-0.2, 0) is 0 Å². The topological polar surface area (TPSA) is 71.5 Å². The number of nitrogens with two attached hydrogens (primary N) is 1. The zero-order chi connectivity index (χ0) is 14.7. The van der Waals surface area contributed by atoms with Crippen LogP contribution in [0.3, 0.4) is 0 Å².